The Bertz CT molecular complexity index is 398. The van der Waals surface area contributed by atoms with Crippen LogP contribution in [0.5, 0.6) is 0 Å². The number of carbonyl (C=O) groups excluding carboxylic acids is 1. The number of hydrogen-bond acceptors (Lipinski definition) is 4. The zero-order valence-corrected chi connectivity index (χ0v) is 11.0. The number of thioether (sulfide) groups is 1. The molecular weight excluding hydrogens is 236 g/mol. The average molecular weight is 254 g/mol. The van der Waals surface area contributed by atoms with Crippen LogP contribution >= 0.6 is 11.8 Å². The van der Waals surface area contributed by atoms with Crippen molar-refractivity contribution in [2.24, 2.45) is 7.05 Å². The van der Waals surface area contributed by atoms with E-state index in [1.807, 2.05) is 31.8 Å². The molecular formula is C11H18N4OS. The molecule has 1 atom stereocenters. The van der Waals surface area contributed by atoms with Gasteiger partial charge in [0.15, 0.2) is 0 Å². The molecule has 2 N–H and O–H groups in total. The van der Waals surface area contributed by atoms with Gasteiger partial charge in [-0.3, -0.25) is 9.48 Å². The van der Waals surface area contributed by atoms with Crippen LogP contribution in [0, 0.1) is 6.92 Å². The first-order valence-electron chi connectivity index (χ1n) is 5.77. The Balaban J connectivity index is 1.86. The van der Waals surface area contributed by atoms with E-state index < -0.39 is 0 Å². The molecule has 5 nitrogen and oxygen atoms in total. The van der Waals surface area contributed by atoms with Crippen LogP contribution in [0.15, 0.2) is 6.07 Å². The molecule has 1 amide bonds. The number of aromatic nitrogens is 2. The minimum atomic E-state index is 0.0491. The van der Waals surface area contributed by atoms with Crippen molar-refractivity contribution in [3.8, 4) is 0 Å². The van der Waals surface area contributed by atoms with Crippen molar-refractivity contribution in [2.75, 3.05) is 23.4 Å². The molecule has 2 heterocycles. The summed E-state index contributed by atoms with van der Waals surface area (Å²) in [6.07, 6.45) is 0.525. The van der Waals surface area contributed by atoms with Crippen LogP contribution in [-0.2, 0) is 11.8 Å². The van der Waals surface area contributed by atoms with E-state index >= 15 is 0 Å². The average Bonchev–Trinajstić information content (AvgIpc) is 2.58. The maximum atomic E-state index is 11.8. The normalized spacial score (nSPS) is 20.2. The van der Waals surface area contributed by atoms with Gasteiger partial charge in [-0.2, -0.15) is 16.9 Å². The highest BCUT2D eigenvalue weighted by Crippen LogP contribution is 2.12. The highest BCUT2D eigenvalue weighted by Gasteiger charge is 2.17. The van der Waals surface area contributed by atoms with Gasteiger partial charge >= 0.3 is 0 Å². The lowest BCUT2D eigenvalue weighted by atomic mass is 10.2. The molecule has 17 heavy (non-hydrogen) atoms. The number of rotatable bonds is 3. The van der Waals surface area contributed by atoms with Gasteiger partial charge in [0.2, 0.25) is 5.91 Å². The second-order valence-electron chi connectivity index (χ2n) is 4.27. The molecule has 1 fully saturated rings. The van der Waals surface area contributed by atoms with Crippen molar-refractivity contribution in [1.82, 2.24) is 15.1 Å². The molecule has 0 radical (unpaired) electrons. The topological polar surface area (TPSA) is 59.0 Å². The molecule has 0 bridgehead atoms. The number of nitrogens with zero attached hydrogens (tertiary/aromatic N) is 2. The zero-order chi connectivity index (χ0) is 12.3. The lowest BCUT2D eigenvalue weighted by molar-refractivity contribution is -0.116. The first-order valence-corrected chi connectivity index (χ1v) is 6.92. The Kier molecular flexibility index (Phi) is 4.06. The van der Waals surface area contributed by atoms with Crippen LogP contribution in [-0.4, -0.2) is 39.8 Å². The quantitative estimate of drug-likeness (QED) is 0.836. The third kappa shape index (κ3) is 3.47. The third-order valence-corrected chi connectivity index (χ3v) is 3.83. The van der Waals surface area contributed by atoms with Gasteiger partial charge in [-0.05, 0) is 6.92 Å². The molecule has 1 aliphatic rings. The lowest BCUT2D eigenvalue weighted by Crippen LogP contribution is -2.40. The first kappa shape index (κ1) is 12.4. The molecule has 0 aliphatic carbocycles. The molecule has 2 rings (SSSR count). The minimum Gasteiger partial charge on any atom is -0.312 e. The Labute approximate surface area is 105 Å². The van der Waals surface area contributed by atoms with E-state index in [4.69, 9.17) is 0 Å². The predicted octanol–water partition coefficient (Wildman–Crippen LogP) is 0.762. The van der Waals surface area contributed by atoms with E-state index in [9.17, 15) is 4.79 Å². The van der Waals surface area contributed by atoms with Gasteiger partial charge < -0.3 is 10.6 Å². The minimum absolute atomic E-state index is 0.0491. The summed E-state index contributed by atoms with van der Waals surface area (Å²) in [6, 6.07) is 2.17. The molecule has 94 valence electrons. The summed E-state index contributed by atoms with van der Waals surface area (Å²) in [5, 5.41) is 10.4. The maximum Gasteiger partial charge on any atom is 0.227 e. The second-order valence-corrected chi connectivity index (χ2v) is 5.42. The smallest absolute Gasteiger partial charge is 0.227 e. The van der Waals surface area contributed by atoms with Crippen LogP contribution in [0.2, 0.25) is 0 Å². The second kappa shape index (κ2) is 5.55. The zero-order valence-electron chi connectivity index (χ0n) is 10.2. The Hall–Kier alpha value is -1.01. The number of aryl methyl sites for hydroxylation is 2. The molecule has 6 heteroatoms. The van der Waals surface area contributed by atoms with Crippen LogP contribution in [0.1, 0.15) is 12.1 Å². The summed E-state index contributed by atoms with van der Waals surface area (Å²) in [7, 11) is 1.83. The summed E-state index contributed by atoms with van der Waals surface area (Å²) < 4.78 is 1.69. The number of nitrogens with one attached hydrogen (secondary N) is 2. The fourth-order valence-electron chi connectivity index (χ4n) is 1.90. The van der Waals surface area contributed by atoms with E-state index in [0.717, 1.165) is 29.6 Å². The maximum absolute atomic E-state index is 11.8. The van der Waals surface area contributed by atoms with Crippen molar-refractivity contribution in [1.29, 1.82) is 0 Å². The van der Waals surface area contributed by atoms with Gasteiger partial charge in [0.05, 0.1) is 5.69 Å². The lowest BCUT2D eigenvalue weighted by Gasteiger charge is -2.22. The summed E-state index contributed by atoms with van der Waals surface area (Å²) in [5.41, 5.74) is 0.911. The molecule has 1 aromatic heterocycles. The van der Waals surface area contributed by atoms with Gasteiger partial charge in [0, 0.05) is 43.6 Å². The Morgan fingerprint density at radius 1 is 1.76 bits per heavy atom. The van der Waals surface area contributed by atoms with E-state index in [0.29, 0.717) is 12.5 Å². The number of amides is 1. The standard InChI is InChI=1S/C11H18N4OS/c1-8-5-10(15(2)14-8)13-11(16)6-9-7-17-4-3-12-9/h5,9,12H,3-4,6-7H2,1-2H3,(H,13,16). The first-order chi connectivity index (χ1) is 8.15. The van der Waals surface area contributed by atoms with Crippen LogP contribution < -0.4 is 10.6 Å². The Morgan fingerprint density at radius 3 is 3.18 bits per heavy atom. The van der Waals surface area contributed by atoms with Crippen molar-refractivity contribution in [3.05, 3.63) is 11.8 Å². The predicted molar refractivity (Wildman–Crippen MR) is 70.3 cm³/mol. The molecule has 1 aliphatic heterocycles. The van der Waals surface area contributed by atoms with Gasteiger partial charge in [-0.15, -0.1) is 0 Å². The van der Waals surface area contributed by atoms with Crippen LogP contribution in [0.3, 0.4) is 0 Å². The van der Waals surface area contributed by atoms with E-state index in [1.165, 1.54) is 0 Å². The number of carbonyl (C=O) groups is 1. The fraction of sp³-hybridized carbons (Fsp3) is 0.636. The summed E-state index contributed by atoms with van der Waals surface area (Å²) >= 11 is 1.90. The van der Waals surface area contributed by atoms with Gasteiger partial charge in [0.25, 0.3) is 0 Å². The molecule has 1 unspecified atom stereocenters. The highest BCUT2D eigenvalue weighted by atomic mass is 32.2. The van der Waals surface area contributed by atoms with Crippen molar-refractivity contribution < 1.29 is 4.79 Å². The van der Waals surface area contributed by atoms with Crippen molar-refractivity contribution in [3.63, 3.8) is 0 Å². The monoisotopic (exact) mass is 254 g/mol. The fourth-order valence-corrected chi connectivity index (χ4v) is 2.85. The molecule has 0 spiro atoms. The SMILES string of the molecule is Cc1cc(NC(=O)CC2CSCCN2)n(C)n1. The van der Waals surface area contributed by atoms with Crippen LogP contribution in [0.4, 0.5) is 5.82 Å². The molecule has 0 saturated carbocycles. The van der Waals surface area contributed by atoms with Crippen LogP contribution in [0.25, 0.3) is 0 Å². The largest absolute Gasteiger partial charge is 0.312 e. The molecule has 1 saturated heterocycles. The Morgan fingerprint density at radius 2 is 2.59 bits per heavy atom. The third-order valence-electron chi connectivity index (χ3n) is 2.70. The van der Waals surface area contributed by atoms with E-state index in [1.54, 1.807) is 4.68 Å². The van der Waals surface area contributed by atoms with Crippen molar-refractivity contribution >= 4 is 23.5 Å². The molecule has 0 aromatic carbocycles. The summed E-state index contributed by atoms with van der Waals surface area (Å²) in [5.74, 6) is 2.96. The van der Waals surface area contributed by atoms with E-state index in [2.05, 4.69) is 15.7 Å². The summed E-state index contributed by atoms with van der Waals surface area (Å²) in [6.45, 7) is 2.91. The van der Waals surface area contributed by atoms with Gasteiger partial charge in [-0.25, -0.2) is 0 Å². The van der Waals surface area contributed by atoms with Gasteiger partial charge in [0.1, 0.15) is 5.82 Å². The molecule has 1 aromatic rings. The number of hydrogen-bond donors (Lipinski definition) is 2. The van der Waals surface area contributed by atoms with Gasteiger partial charge in [-0.1, -0.05) is 0 Å². The van der Waals surface area contributed by atoms with Crippen molar-refractivity contribution in [2.45, 2.75) is 19.4 Å². The summed E-state index contributed by atoms with van der Waals surface area (Å²) in [4.78, 5) is 11.8. The highest BCUT2D eigenvalue weighted by molar-refractivity contribution is 7.99. The number of anilines is 1. The van der Waals surface area contributed by atoms with E-state index in [-0.39, 0.29) is 5.91 Å².